The van der Waals surface area contributed by atoms with Crippen LogP contribution in [0.15, 0.2) is 42.5 Å². The van der Waals surface area contributed by atoms with Crippen LogP contribution in [0.4, 0.5) is 11.4 Å². The van der Waals surface area contributed by atoms with Crippen molar-refractivity contribution in [1.29, 1.82) is 0 Å². The molecule has 0 saturated heterocycles. The molecule has 0 aromatic heterocycles. The Hall–Kier alpha value is -1.96. The molecule has 0 amide bonds. The minimum absolute atomic E-state index is 0.894. The Morgan fingerprint density at radius 2 is 1.58 bits per heavy atom. The van der Waals surface area contributed by atoms with Gasteiger partial charge in [-0.25, -0.2) is 0 Å². The number of nitrogens with zero attached hydrogens (tertiary/aromatic N) is 1. The van der Waals surface area contributed by atoms with Crippen molar-refractivity contribution in [3.05, 3.63) is 59.2 Å². The fourth-order valence-electron chi connectivity index (χ4n) is 2.87. The molecule has 0 radical (unpaired) electrons. The van der Waals surface area contributed by atoms with Gasteiger partial charge in [0, 0.05) is 13.1 Å². The van der Waals surface area contributed by atoms with Gasteiger partial charge < -0.3 is 10.6 Å². The third-order valence-electron chi connectivity index (χ3n) is 3.94. The van der Waals surface area contributed by atoms with Crippen LogP contribution < -0.4 is 10.6 Å². The van der Waals surface area contributed by atoms with Crippen molar-refractivity contribution in [3.8, 4) is 0 Å². The summed E-state index contributed by atoms with van der Waals surface area (Å²) < 4.78 is 0. The van der Waals surface area contributed by atoms with E-state index in [4.69, 9.17) is 5.73 Å². The van der Waals surface area contributed by atoms with E-state index in [9.17, 15) is 0 Å². The van der Waals surface area contributed by atoms with Crippen molar-refractivity contribution >= 4 is 11.4 Å². The fourth-order valence-corrected chi connectivity index (χ4v) is 2.87. The van der Waals surface area contributed by atoms with Crippen LogP contribution >= 0.6 is 0 Å². The Morgan fingerprint density at radius 3 is 2.16 bits per heavy atom. The quantitative estimate of drug-likeness (QED) is 0.790. The lowest BCUT2D eigenvalue weighted by molar-refractivity contribution is 0.807. The fraction of sp³-hybridized carbons (Fsp3) is 0.294. The third kappa shape index (κ3) is 2.43. The van der Waals surface area contributed by atoms with Gasteiger partial charge in [-0.15, -0.1) is 0 Å². The molecule has 0 fully saturated rings. The highest BCUT2D eigenvalue weighted by molar-refractivity contribution is 5.68. The number of fused-ring (bicyclic) bond motifs is 1. The normalized spacial score (nSPS) is 14.9. The van der Waals surface area contributed by atoms with Gasteiger partial charge in [0.1, 0.15) is 0 Å². The summed E-state index contributed by atoms with van der Waals surface area (Å²) in [7, 11) is 0. The molecule has 0 unspecified atom stereocenters. The lowest BCUT2D eigenvalue weighted by Crippen LogP contribution is -2.26. The van der Waals surface area contributed by atoms with Crippen LogP contribution in [0.1, 0.15) is 16.7 Å². The molecule has 0 atom stereocenters. The summed E-state index contributed by atoms with van der Waals surface area (Å²) in [5, 5.41) is 0. The predicted octanol–water partition coefficient (Wildman–Crippen LogP) is 3.18. The van der Waals surface area contributed by atoms with E-state index in [0.717, 1.165) is 31.6 Å². The van der Waals surface area contributed by atoms with Gasteiger partial charge in [0.05, 0.1) is 11.4 Å². The molecule has 0 bridgehead atoms. The van der Waals surface area contributed by atoms with Crippen molar-refractivity contribution in [2.45, 2.75) is 19.8 Å². The molecule has 2 aromatic rings. The predicted molar refractivity (Wildman–Crippen MR) is 81.7 cm³/mol. The van der Waals surface area contributed by atoms with Crippen LogP contribution in [0.3, 0.4) is 0 Å². The zero-order chi connectivity index (χ0) is 13.2. The first-order valence-electron chi connectivity index (χ1n) is 6.92. The van der Waals surface area contributed by atoms with Gasteiger partial charge in [-0.1, -0.05) is 30.3 Å². The first kappa shape index (κ1) is 12.1. The molecule has 0 aliphatic carbocycles. The van der Waals surface area contributed by atoms with E-state index in [1.807, 2.05) is 0 Å². The molecule has 2 N–H and O–H groups in total. The van der Waals surface area contributed by atoms with E-state index in [1.165, 1.54) is 22.4 Å². The van der Waals surface area contributed by atoms with Gasteiger partial charge in [-0.05, 0) is 48.6 Å². The van der Waals surface area contributed by atoms with E-state index in [1.54, 1.807) is 0 Å². The largest absolute Gasteiger partial charge is 0.397 e. The van der Waals surface area contributed by atoms with E-state index in [0.29, 0.717) is 0 Å². The van der Waals surface area contributed by atoms with Crippen LogP contribution in [0.2, 0.25) is 0 Å². The second-order valence-electron chi connectivity index (χ2n) is 5.32. The Morgan fingerprint density at radius 1 is 0.947 bits per heavy atom. The summed E-state index contributed by atoms with van der Waals surface area (Å²) in [6.45, 7) is 4.17. The van der Waals surface area contributed by atoms with Crippen LogP contribution in [-0.4, -0.2) is 13.1 Å². The molecular weight excluding hydrogens is 232 g/mol. The van der Waals surface area contributed by atoms with Crippen molar-refractivity contribution in [3.63, 3.8) is 0 Å². The highest BCUT2D eigenvalue weighted by atomic mass is 15.1. The van der Waals surface area contributed by atoms with Crippen molar-refractivity contribution < 1.29 is 0 Å². The maximum Gasteiger partial charge on any atom is 0.0600 e. The molecule has 1 aliphatic heterocycles. The number of anilines is 2. The van der Waals surface area contributed by atoms with Gasteiger partial charge in [-0.2, -0.15) is 0 Å². The first-order valence-corrected chi connectivity index (χ1v) is 6.92. The zero-order valence-corrected chi connectivity index (χ0v) is 11.4. The molecule has 0 spiro atoms. The van der Waals surface area contributed by atoms with E-state index < -0.39 is 0 Å². The average molecular weight is 252 g/mol. The maximum atomic E-state index is 6.17. The first-order chi connectivity index (χ1) is 9.24. The van der Waals surface area contributed by atoms with E-state index in [2.05, 4.69) is 54.3 Å². The SMILES string of the molecule is Cc1ccc(N2CCc3ccccc3CC2)c(N)c1. The van der Waals surface area contributed by atoms with Gasteiger partial charge in [0.25, 0.3) is 0 Å². The number of nitrogens with two attached hydrogens (primary N) is 1. The number of nitrogen functional groups attached to an aromatic ring is 1. The molecule has 2 heteroatoms. The number of aryl methyl sites for hydroxylation is 1. The summed E-state index contributed by atoms with van der Waals surface area (Å²) in [6, 6.07) is 15.1. The number of hydrogen-bond donors (Lipinski definition) is 1. The summed E-state index contributed by atoms with van der Waals surface area (Å²) in [5.74, 6) is 0. The average Bonchev–Trinajstić information content (AvgIpc) is 2.62. The Bertz CT molecular complexity index is 563. The van der Waals surface area contributed by atoms with Gasteiger partial charge in [-0.3, -0.25) is 0 Å². The molecule has 19 heavy (non-hydrogen) atoms. The van der Waals surface area contributed by atoms with Crippen molar-refractivity contribution in [1.82, 2.24) is 0 Å². The lowest BCUT2D eigenvalue weighted by atomic mass is 10.0. The van der Waals surface area contributed by atoms with Crippen molar-refractivity contribution in [2.75, 3.05) is 23.7 Å². The van der Waals surface area contributed by atoms with Crippen LogP contribution in [0.25, 0.3) is 0 Å². The van der Waals surface area contributed by atoms with Gasteiger partial charge in [0.2, 0.25) is 0 Å². The number of hydrogen-bond acceptors (Lipinski definition) is 2. The minimum atomic E-state index is 0.894. The molecule has 1 aliphatic rings. The summed E-state index contributed by atoms with van der Waals surface area (Å²) in [5.41, 5.74) is 12.4. The monoisotopic (exact) mass is 252 g/mol. The van der Waals surface area contributed by atoms with E-state index in [-0.39, 0.29) is 0 Å². The molecule has 3 rings (SSSR count). The van der Waals surface area contributed by atoms with Crippen LogP contribution in [0.5, 0.6) is 0 Å². The highest BCUT2D eigenvalue weighted by Gasteiger charge is 2.15. The summed E-state index contributed by atoms with van der Waals surface area (Å²) in [4.78, 5) is 2.41. The van der Waals surface area contributed by atoms with Gasteiger partial charge >= 0.3 is 0 Å². The molecule has 98 valence electrons. The zero-order valence-electron chi connectivity index (χ0n) is 11.4. The van der Waals surface area contributed by atoms with Crippen LogP contribution in [-0.2, 0) is 12.8 Å². The summed E-state index contributed by atoms with van der Waals surface area (Å²) in [6.07, 6.45) is 2.20. The molecular formula is C17H20N2. The van der Waals surface area contributed by atoms with Crippen LogP contribution in [0, 0.1) is 6.92 Å². The minimum Gasteiger partial charge on any atom is -0.397 e. The van der Waals surface area contributed by atoms with Gasteiger partial charge in [0.15, 0.2) is 0 Å². The molecule has 1 heterocycles. The second kappa shape index (κ2) is 4.96. The standard InChI is InChI=1S/C17H20N2/c1-13-6-7-17(16(18)12-13)19-10-8-14-4-2-3-5-15(14)9-11-19/h2-7,12H,8-11,18H2,1H3. The second-order valence-corrected chi connectivity index (χ2v) is 5.32. The smallest absolute Gasteiger partial charge is 0.0600 e. The summed E-state index contributed by atoms with van der Waals surface area (Å²) >= 11 is 0. The Kier molecular flexibility index (Phi) is 3.16. The number of benzene rings is 2. The lowest BCUT2D eigenvalue weighted by Gasteiger charge is -2.24. The Labute approximate surface area is 114 Å². The Balaban J connectivity index is 1.85. The van der Waals surface area contributed by atoms with E-state index >= 15 is 0 Å². The molecule has 2 aromatic carbocycles. The number of rotatable bonds is 1. The van der Waals surface area contributed by atoms with Crippen molar-refractivity contribution in [2.24, 2.45) is 0 Å². The molecule has 2 nitrogen and oxygen atoms in total. The highest BCUT2D eigenvalue weighted by Crippen LogP contribution is 2.27. The molecule has 0 saturated carbocycles. The third-order valence-corrected chi connectivity index (χ3v) is 3.94. The maximum absolute atomic E-state index is 6.17. The topological polar surface area (TPSA) is 29.3 Å².